The summed E-state index contributed by atoms with van der Waals surface area (Å²) in [5.74, 6) is 0.620. The van der Waals surface area contributed by atoms with E-state index in [1.165, 1.54) is 37.7 Å². The van der Waals surface area contributed by atoms with Crippen LogP contribution in [0.2, 0.25) is 0 Å². The molecular weight excluding hydrogens is 410 g/mol. The van der Waals surface area contributed by atoms with Crippen molar-refractivity contribution in [3.63, 3.8) is 0 Å². The molecule has 3 aromatic carbocycles. The van der Waals surface area contributed by atoms with Crippen LogP contribution in [0.1, 0.15) is 69.2 Å². The maximum atomic E-state index is 12.5. The van der Waals surface area contributed by atoms with Gasteiger partial charge in [0.15, 0.2) is 0 Å². The van der Waals surface area contributed by atoms with Gasteiger partial charge in [-0.05, 0) is 73.6 Å². The molecule has 0 bridgehead atoms. The van der Waals surface area contributed by atoms with Crippen molar-refractivity contribution in [2.75, 3.05) is 5.32 Å². The van der Waals surface area contributed by atoms with E-state index >= 15 is 0 Å². The number of ether oxygens (including phenoxy) is 1. The molecule has 4 heteroatoms. The minimum atomic E-state index is -0.0694. The summed E-state index contributed by atoms with van der Waals surface area (Å²) < 4.78 is 4.36. The maximum absolute atomic E-state index is 12.5. The number of benzene rings is 3. The van der Waals surface area contributed by atoms with Crippen molar-refractivity contribution in [1.82, 2.24) is 0 Å². The van der Waals surface area contributed by atoms with Crippen molar-refractivity contribution in [3.05, 3.63) is 90.0 Å². The van der Waals surface area contributed by atoms with Gasteiger partial charge in [0.1, 0.15) is 0 Å². The normalized spacial score (nSPS) is 13.5. The standard InChI is InChI=1S/C25H25NO.C4H8O2.H2/c27-25(23-13-11-21(12-14-23)19-7-3-1-4-8-19)26-24-17-15-22(16-18-24)20-9-5-2-6-10-20;1-4(2)6-3-5;/h1,3-4,7-8,11-18,20H,2,5-6,9-10H2,(H,26,27);3-4H,1-2H3;1H. The maximum Gasteiger partial charge on any atom is 0.293 e. The number of nitrogens with one attached hydrogen (secondary N) is 1. The Balaban J connectivity index is 0.000000521. The van der Waals surface area contributed by atoms with E-state index in [0.717, 1.165) is 16.8 Å². The van der Waals surface area contributed by atoms with Crippen LogP contribution in [0, 0.1) is 0 Å². The zero-order valence-corrected chi connectivity index (χ0v) is 19.5. The first kappa shape index (κ1) is 24.2. The lowest BCUT2D eigenvalue weighted by Crippen LogP contribution is -2.12. The largest absolute Gasteiger partial charge is 0.465 e. The highest BCUT2D eigenvalue weighted by molar-refractivity contribution is 6.04. The molecule has 4 rings (SSSR count). The molecule has 0 saturated heterocycles. The smallest absolute Gasteiger partial charge is 0.293 e. The van der Waals surface area contributed by atoms with Gasteiger partial charge >= 0.3 is 0 Å². The molecule has 1 N–H and O–H groups in total. The van der Waals surface area contributed by atoms with E-state index < -0.39 is 0 Å². The molecule has 0 unspecified atom stereocenters. The number of carbonyl (C=O) groups excluding carboxylic acids is 2. The average molecular weight is 446 g/mol. The molecule has 4 nitrogen and oxygen atoms in total. The number of amides is 1. The molecule has 0 aliphatic heterocycles. The van der Waals surface area contributed by atoms with Crippen LogP contribution in [0.25, 0.3) is 11.1 Å². The predicted molar refractivity (Wildman–Crippen MR) is 136 cm³/mol. The second-order valence-electron chi connectivity index (χ2n) is 8.64. The Morgan fingerprint density at radius 1 is 0.879 bits per heavy atom. The van der Waals surface area contributed by atoms with Gasteiger partial charge in [0.25, 0.3) is 12.4 Å². The molecule has 1 aliphatic rings. The molecule has 0 radical (unpaired) electrons. The zero-order chi connectivity index (χ0) is 23.5. The van der Waals surface area contributed by atoms with Gasteiger partial charge in [0.05, 0.1) is 6.10 Å². The van der Waals surface area contributed by atoms with E-state index in [1.807, 2.05) is 54.6 Å². The Hall–Kier alpha value is -3.40. The minimum absolute atomic E-state index is 0. The second kappa shape index (κ2) is 12.6. The summed E-state index contributed by atoms with van der Waals surface area (Å²) in [5, 5.41) is 3.01. The summed E-state index contributed by atoms with van der Waals surface area (Å²) in [6, 6.07) is 26.3. The molecule has 0 atom stereocenters. The first-order chi connectivity index (χ1) is 16.1. The summed E-state index contributed by atoms with van der Waals surface area (Å²) in [6.07, 6.45) is 6.65. The Bertz CT molecular complexity index is 996. The van der Waals surface area contributed by atoms with Gasteiger partial charge in [-0.3, -0.25) is 9.59 Å². The van der Waals surface area contributed by atoms with Crippen molar-refractivity contribution in [2.45, 2.75) is 58.0 Å². The Morgan fingerprint density at radius 3 is 2.03 bits per heavy atom. The monoisotopic (exact) mass is 445 g/mol. The molecule has 174 valence electrons. The highest BCUT2D eigenvalue weighted by atomic mass is 16.5. The summed E-state index contributed by atoms with van der Waals surface area (Å²) >= 11 is 0. The van der Waals surface area contributed by atoms with Crippen LogP contribution in [-0.4, -0.2) is 18.5 Å². The lowest BCUT2D eigenvalue weighted by Gasteiger charge is -2.22. The lowest BCUT2D eigenvalue weighted by atomic mass is 9.84. The van der Waals surface area contributed by atoms with E-state index in [9.17, 15) is 9.59 Å². The molecule has 1 aliphatic carbocycles. The number of rotatable bonds is 6. The van der Waals surface area contributed by atoms with Crippen LogP contribution in [0.4, 0.5) is 5.69 Å². The Kier molecular flexibility index (Phi) is 9.25. The van der Waals surface area contributed by atoms with Gasteiger partial charge in [0.2, 0.25) is 0 Å². The summed E-state index contributed by atoms with van der Waals surface area (Å²) in [4.78, 5) is 21.9. The van der Waals surface area contributed by atoms with Gasteiger partial charge in [0, 0.05) is 12.7 Å². The molecule has 0 spiro atoms. The first-order valence-electron chi connectivity index (χ1n) is 11.7. The van der Waals surface area contributed by atoms with Crippen molar-refractivity contribution >= 4 is 18.1 Å². The molecule has 33 heavy (non-hydrogen) atoms. The molecular formula is C29H35NO3. The van der Waals surface area contributed by atoms with E-state index in [0.29, 0.717) is 18.0 Å². The summed E-state index contributed by atoms with van der Waals surface area (Å²) in [6.45, 7) is 4.05. The van der Waals surface area contributed by atoms with E-state index in [2.05, 4.69) is 34.3 Å². The van der Waals surface area contributed by atoms with Crippen molar-refractivity contribution < 1.29 is 15.8 Å². The summed E-state index contributed by atoms with van der Waals surface area (Å²) in [7, 11) is 0. The molecule has 0 heterocycles. The minimum Gasteiger partial charge on any atom is -0.465 e. The van der Waals surface area contributed by atoms with Gasteiger partial charge in [-0.2, -0.15) is 0 Å². The second-order valence-corrected chi connectivity index (χ2v) is 8.64. The SMILES string of the molecule is CC(C)OC=O.O=C(Nc1ccc(C2CCCCC2)cc1)c1ccc(-c2ccccc2)cc1.[HH]. The third kappa shape index (κ3) is 7.60. The predicted octanol–water partition coefficient (Wildman–Crippen LogP) is 7.47. The third-order valence-electron chi connectivity index (χ3n) is 5.83. The van der Waals surface area contributed by atoms with Crippen LogP contribution in [-0.2, 0) is 9.53 Å². The van der Waals surface area contributed by atoms with E-state index in [1.54, 1.807) is 13.8 Å². The van der Waals surface area contributed by atoms with Gasteiger partial charge in [-0.25, -0.2) is 0 Å². The number of anilines is 1. The fourth-order valence-electron chi connectivity index (χ4n) is 4.03. The van der Waals surface area contributed by atoms with Crippen LogP contribution in [0.5, 0.6) is 0 Å². The first-order valence-corrected chi connectivity index (χ1v) is 11.7. The van der Waals surface area contributed by atoms with Crippen molar-refractivity contribution in [2.24, 2.45) is 0 Å². The van der Waals surface area contributed by atoms with Gasteiger partial charge in [-0.15, -0.1) is 0 Å². The van der Waals surface area contributed by atoms with Crippen LogP contribution < -0.4 is 5.32 Å². The highest BCUT2D eigenvalue weighted by Gasteiger charge is 2.15. The summed E-state index contributed by atoms with van der Waals surface area (Å²) in [5.41, 5.74) is 5.20. The lowest BCUT2D eigenvalue weighted by molar-refractivity contribution is -0.131. The number of hydrogen-bond donors (Lipinski definition) is 1. The van der Waals surface area contributed by atoms with Crippen LogP contribution >= 0.6 is 0 Å². The molecule has 1 saturated carbocycles. The van der Waals surface area contributed by atoms with Gasteiger partial charge < -0.3 is 10.1 Å². The van der Waals surface area contributed by atoms with E-state index in [-0.39, 0.29) is 13.4 Å². The molecule has 1 amide bonds. The zero-order valence-electron chi connectivity index (χ0n) is 19.5. The number of hydrogen-bond acceptors (Lipinski definition) is 3. The third-order valence-corrected chi connectivity index (χ3v) is 5.83. The van der Waals surface area contributed by atoms with Crippen LogP contribution in [0.3, 0.4) is 0 Å². The van der Waals surface area contributed by atoms with Crippen molar-refractivity contribution in [3.8, 4) is 11.1 Å². The van der Waals surface area contributed by atoms with Gasteiger partial charge in [-0.1, -0.05) is 73.9 Å². The average Bonchev–Trinajstić information content (AvgIpc) is 2.86. The fraction of sp³-hybridized carbons (Fsp3) is 0.310. The van der Waals surface area contributed by atoms with Crippen molar-refractivity contribution in [1.29, 1.82) is 0 Å². The molecule has 1 fully saturated rings. The molecule has 3 aromatic rings. The number of carbonyl (C=O) groups is 2. The Labute approximate surface area is 198 Å². The fourth-order valence-corrected chi connectivity index (χ4v) is 4.03. The topological polar surface area (TPSA) is 55.4 Å². The highest BCUT2D eigenvalue weighted by Crippen LogP contribution is 2.33. The Morgan fingerprint density at radius 2 is 1.48 bits per heavy atom. The molecule has 0 aromatic heterocycles. The van der Waals surface area contributed by atoms with Crippen LogP contribution in [0.15, 0.2) is 78.9 Å². The van der Waals surface area contributed by atoms with E-state index in [4.69, 9.17) is 0 Å². The quantitative estimate of drug-likeness (QED) is 0.400.